The van der Waals surface area contributed by atoms with E-state index in [1.807, 2.05) is 0 Å². The van der Waals surface area contributed by atoms with E-state index in [4.69, 9.17) is 9.47 Å². The number of rotatable bonds is 4. The molecule has 11 aromatic rings. The molecule has 2 heterocycles. The molecule has 0 atom stereocenters. The smallest absolute Gasteiger partial charge is 0.132 e. The van der Waals surface area contributed by atoms with Crippen molar-refractivity contribution in [3.63, 3.8) is 0 Å². The van der Waals surface area contributed by atoms with Crippen LogP contribution >= 0.6 is 0 Å². The number of anilines is 3. The highest BCUT2D eigenvalue weighted by molar-refractivity contribution is 6.02. The average molecular weight is 880 g/mol. The lowest BCUT2D eigenvalue weighted by Crippen LogP contribution is -2.32. The zero-order valence-electron chi connectivity index (χ0n) is 37.4. The number of fused-ring (bicyclic) bond motifs is 19. The second kappa shape index (κ2) is 14.3. The van der Waals surface area contributed by atoms with Gasteiger partial charge in [0.05, 0.1) is 22.2 Å². The van der Waals surface area contributed by atoms with Crippen LogP contribution in [0.4, 0.5) is 17.1 Å². The monoisotopic (exact) mass is 879 g/mol. The van der Waals surface area contributed by atoms with E-state index in [9.17, 15) is 0 Å². The molecule has 0 aromatic heterocycles. The molecule has 0 radical (unpaired) electrons. The van der Waals surface area contributed by atoms with Gasteiger partial charge in [-0.2, -0.15) is 0 Å². The zero-order valence-corrected chi connectivity index (χ0v) is 37.4. The summed E-state index contributed by atoms with van der Waals surface area (Å²) in [6.45, 7) is 0. The molecule has 0 saturated carbocycles. The lowest BCUT2D eigenvalue weighted by molar-refractivity contribution is 0.436. The first-order chi connectivity index (χ1) is 34.2. The molecule has 3 nitrogen and oxygen atoms in total. The maximum absolute atomic E-state index is 6.83. The summed E-state index contributed by atoms with van der Waals surface area (Å²) in [5, 5.41) is 2.44. The van der Waals surface area contributed by atoms with Gasteiger partial charge in [0, 0.05) is 39.1 Å². The summed E-state index contributed by atoms with van der Waals surface area (Å²) in [4.78, 5) is 2.54. The molecule has 2 aliphatic heterocycles. The summed E-state index contributed by atoms with van der Waals surface area (Å²) in [5.74, 6) is 3.51. The molecule has 15 rings (SSSR count). The zero-order chi connectivity index (χ0) is 45.3. The molecule has 322 valence electrons. The molecule has 69 heavy (non-hydrogen) atoms. The van der Waals surface area contributed by atoms with Crippen LogP contribution < -0.4 is 14.4 Å². The van der Waals surface area contributed by atoms with Crippen molar-refractivity contribution in [2.75, 3.05) is 4.90 Å². The van der Waals surface area contributed by atoms with Gasteiger partial charge in [-0.25, -0.2) is 0 Å². The minimum atomic E-state index is -0.675. The molecule has 11 aromatic carbocycles. The number of ether oxygens (including phenoxy) is 2. The Hall–Kier alpha value is -8.92. The number of nitrogens with zero attached hydrogens (tertiary/aromatic N) is 1. The molecule has 3 heteroatoms. The maximum Gasteiger partial charge on any atom is 0.132 e. The van der Waals surface area contributed by atoms with Crippen molar-refractivity contribution in [3.05, 3.63) is 293 Å². The third-order valence-corrected chi connectivity index (χ3v) is 15.4. The maximum atomic E-state index is 6.83. The summed E-state index contributed by atoms with van der Waals surface area (Å²) >= 11 is 0. The average Bonchev–Trinajstić information content (AvgIpc) is 3.86. The fraction of sp³-hybridized carbons (Fsp3) is 0.0303. The van der Waals surface area contributed by atoms with Gasteiger partial charge in [0.2, 0.25) is 0 Å². The molecule has 4 aliphatic rings. The summed E-state index contributed by atoms with van der Waals surface area (Å²) in [6, 6.07) is 91.1. The third-order valence-electron chi connectivity index (χ3n) is 15.4. The van der Waals surface area contributed by atoms with Crippen molar-refractivity contribution in [1.82, 2.24) is 0 Å². The second-order valence-corrected chi connectivity index (χ2v) is 18.6. The summed E-state index contributed by atoms with van der Waals surface area (Å²) in [6.07, 6.45) is 0. The van der Waals surface area contributed by atoms with Crippen LogP contribution in [0.15, 0.2) is 249 Å². The standard InChI is InChI=1S/C66H41NO2/c1-2-19-42(20-3-1)46-23-7-13-31-58(46)67(59-32-18-30-55-64(59)48-24-6-8-25-50(48)65(55)51-26-9-14-33-60(51)68-61-34-15-10-27-52(61)65)45-37-38-47-49-39-43-21-4-5-22-44(43)40-56(49)66(57(47)41-45)53-28-11-16-35-62(53)69-63-36-17-12-29-54(63)66/h1-41H. The van der Waals surface area contributed by atoms with Crippen LogP contribution in [0.25, 0.3) is 44.2 Å². The van der Waals surface area contributed by atoms with Crippen LogP contribution in [0.5, 0.6) is 23.0 Å². The van der Waals surface area contributed by atoms with Gasteiger partial charge < -0.3 is 14.4 Å². The molecule has 0 fully saturated rings. The van der Waals surface area contributed by atoms with Crippen molar-refractivity contribution in [3.8, 4) is 56.4 Å². The molecule has 0 unspecified atom stereocenters. The molecular formula is C66H41NO2. The Bertz CT molecular complexity index is 3850. The van der Waals surface area contributed by atoms with Crippen molar-refractivity contribution < 1.29 is 9.47 Å². The first kappa shape index (κ1) is 38.2. The fourth-order valence-corrected chi connectivity index (χ4v) is 12.7. The van der Waals surface area contributed by atoms with Crippen molar-refractivity contribution >= 4 is 27.8 Å². The molecule has 0 amide bonds. The van der Waals surface area contributed by atoms with E-state index in [0.29, 0.717) is 0 Å². The minimum absolute atomic E-state index is 0.626. The van der Waals surface area contributed by atoms with Gasteiger partial charge in [-0.3, -0.25) is 0 Å². The van der Waals surface area contributed by atoms with Gasteiger partial charge >= 0.3 is 0 Å². The lowest BCUT2D eigenvalue weighted by Gasteiger charge is -2.40. The number of benzene rings is 11. The molecule has 0 bridgehead atoms. The Morgan fingerprint density at radius 2 is 0.739 bits per heavy atom. The van der Waals surface area contributed by atoms with Crippen molar-refractivity contribution in [2.24, 2.45) is 0 Å². The largest absolute Gasteiger partial charge is 0.457 e. The lowest BCUT2D eigenvalue weighted by atomic mass is 9.66. The topological polar surface area (TPSA) is 21.7 Å². The minimum Gasteiger partial charge on any atom is -0.457 e. The van der Waals surface area contributed by atoms with Crippen LogP contribution in [0.2, 0.25) is 0 Å². The van der Waals surface area contributed by atoms with Crippen LogP contribution in [-0.2, 0) is 10.8 Å². The Morgan fingerprint density at radius 3 is 1.38 bits per heavy atom. The molecule has 0 N–H and O–H groups in total. The van der Waals surface area contributed by atoms with E-state index in [1.54, 1.807) is 0 Å². The van der Waals surface area contributed by atoms with E-state index in [0.717, 1.165) is 73.4 Å². The molecule has 2 aliphatic carbocycles. The highest BCUT2D eigenvalue weighted by atomic mass is 16.5. The quantitative estimate of drug-likeness (QED) is 0.176. The van der Waals surface area contributed by atoms with Gasteiger partial charge in [-0.05, 0) is 116 Å². The van der Waals surface area contributed by atoms with E-state index >= 15 is 0 Å². The Kier molecular flexibility index (Phi) is 7.92. The van der Waals surface area contributed by atoms with E-state index in [1.165, 1.54) is 55.3 Å². The first-order valence-corrected chi connectivity index (χ1v) is 23.8. The number of hydrogen-bond donors (Lipinski definition) is 0. The highest BCUT2D eigenvalue weighted by Crippen LogP contribution is 2.66. The van der Waals surface area contributed by atoms with Gasteiger partial charge in [0.25, 0.3) is 0 Å². The predicted octanol–water partition coefficient (Wildman–Crippen LogP) is 16.9. The second-order valence-electron chi connectivity index (χ2n) is 18.6. The van der Waals surface area contributed by atoms with Crippen LogP contribution in [0.3, 0.4) is 0 Å². The Balaban J connectivity index is 1.06. The van der Waals surface area contributed by atoms with Crippen LogP contribution in [0, 0.1) is 0 Å². The Labute approximate surface area is 400 Å². The highest BCUT2D eigenvalue weighted by Gasteiger charge is 2.53. The molecule has 2 spiro atoms. The summed E-state index contributed by atoms with van der Waals surface area (Å²) < 4.78 is 13.6. The summed E-state index contributed by atoms with van der Waals surface area (Å²) in [5.41, 5.74) is 18.7. The van der Waals surface area contributed by atoms with Crippen LogP contribution in [0.1, 0.15) is 44.5 Å². The SMILES string of the molecule is c1ccc(-c2ccccc2N(c2ccc3c(c2)C2(c4ccccc4Oc4ccccc42)c2cc4ccccc4cc2-3)c2cccc3c2-c2ccccc2C32c3ccccc3Oc3ccccc32)cc1. The number of para-hydroxylation sites is 5. The first-order valence-electron chi connectivity index (χ1n) is 23.8. The van der Waals surface area contributed by atoms with E-state index in [2.05, 4.69) is 254 Å². The third kappa shape index (κ3) is 5.06. The van der Waals surface area contributed by atoms with Crippen molar-refractivity contribution in [1.29, 1.82) is 0 Å². The van der Waals surface area contributed by atoms with Gasteiger partial charge in [-0.1, -0.05) is 188 Å². The van der Waals surface area contributed by atoms with E-state index < -0.39 is 10.8 Å². The van der Waals surface area contributed by atoms with Crippen LogP contribution in [-0.4, -0.2) is 0 Å². The van der Waals surface area contributed by atoms with Gasteiger partial charge in [-0.15, -0.1) is 0 Å². The predicted molar refractivity (Wildman–Crippen MR) is 279 cm³/mol. The van der Waals surface area contributed by atoms with Gasteiger partial charge in [0.15, 0.2) is 0 Å². The molecular weight excluding hydrogens is 839 g/mol. The number of hydrogen-bond acceptors (Lipinski definition) is 3. The normalized spacial score (nSPS) is 14.3. The fourth-order valence-electron chi connectivity index (χ4n) is 12.7. The van der Waals surface area contributed by atoms with Gasteiger partial charge in [0.1, 0.15) is 23.0 Å². The Morgan fingerprint density at radius 1 is 0.275 bits per heavy atom. The van der Waals surface area contributed by atoms with E-state index in [-0.39, 0.29) is 0 Å². The van der Waals surface area contributed by atoms with Crippen molar-refractivity contribution in [2.45, 2.75) is 10.8 Å². The summed E-state index contributed by atoms with van der Waals surface area (Å²) in [7, 11) is 0. The molecule has 0 saturated heterocycles.